The van der Waals surface area contributed by atoms with Crippen molar-refractivity contribution in [2.45, 2.75) is 78.9 Å². The normalized spacial score (nSPS) is 35.4. The van der Waals surface area contributed by atoms with Crippen molar-refractivity contribution >= 4 is 5.91 Å². The minimum absolute atomic E-state index is 0. The van der Waals surface area contributed by atoms with Crippen LogP contribution in [0.4, 0.5) is 0 Å². The number of hydrogen-bond donors (Lipinski definition) is 1. The van der Waals surface area contributed by atoms with Gasteiger partial charge in [0.05, 0.1) is 11.6 Å². The summed E-state index contributed by atoms with van der Waals surface area (Å²) >= 11 is 0. The molecule has 1 saturated heterocycles. The molecule has 1 aliphatic heterocycles. The van der Waals surface area contributed by atoms with Crippen LogP contribution in [0, 0.1) is 17.3 Å². The molecule has 0 saturated carbocycles. The minimum Gasteiger partial charge on any atom is -0.390 e. The van der Waals surface area contributed by atoms with Crippen LogP contribution in [0.3, 0.4) is 0 Å². The number of carbonyl (C=O) groups is 1. The summed E-state index contributed by atoms with van der Waals surface area (Å²) in [5, 5.41) is 11.1. The van der Waals surface area contributed by atoms with Crippen molar-refractivity contribution in [2.24, 2.45) is 17.3 Å². The Morgan fingerprint density at radius 1 is 1.41 bits per heavy atom. The molecule has 0 aromatic carbocycles. The topological polar surface area (TPSA) is 40.5 Å². The monoisotopic (exact) mass is 309 g/mol. The van der Waals surface area contributed by atoms with E-state index in [2.05, 4.69) is 39.8 Å². The number of rotatable bonds is 4. The van der Waals surface area contributed by atoms with Crippen molar-refractivity contribution in [3.8, 4) is 0 Å². The van der Waals surface area contributed by atoms with E-state index in [0.717, 1.165) is 32.1 Å². The summed E-state index contributed by atoms with van der Waals surface area (Å²) in [4.78, 5) is 14.5. The number of allylic oxidation sites excluding steroid dienone is 1. The summed E-state index contributed by atoms with van der Waals surface area (Å²) in [6.07, 6.45) is 8.99. The van der Waals surface area contributed by atoms with Crippen molar-refractivity contribution in [3.05, 3.63) is 12.2 Å². The number of hydrogen-bond acceptors (Lipinski definition) is 2. The number of carbonyl (C=O) groups excluding carboxylic acids is 1. The molecule has 0 bridgehead atoms. The van der Waals surface area contributed by atoms with Crippen molar-refractivity contribution in [1.29, 1.82) is 0 Å². The molecule has 4 unspecified atom stereocenters. The molecule has 0 radical (unpaired) electrons. The molecule has 2 aliphatic rings. The maximum Gasteiger partial charge on any atom is 0.226 e. The zero-order chi connectivity index (χ0) is 15.8. The molecule has 3 heteroatoms. The van der Waals surface area contributed by atoms with Crippen LogP contribution in [0.5, 0.6) is 0 Å². The molecule has 22 heavy (non-hydrogen) atoms. The Morgan fingerprint density at radius 2 is 2.05 bits per heavy atom. The summed E-state index contributed by atoms with van der Waals surface area (Å²) in [6, 6.07) is 0. The molecule has 1 aliphatic carbocycles. The molecule has 4 atom stereocenters. The van der Waals surface area contributed by atoms with Crippen LogP contribution in [0.25, 0.3) is 0 Å². The van der Waals surface area contributed by atoms with Crippen molar-refractivity contribution < 1.29 is 9.90 Å². The fraction of sp³-hybridized carbons (Fsp3) is 0.842. The van der Waals surface area contributed by atoms with E-state index in [-0.39, 0.29) is 30.6 Å². The summed E-state index contributed by atoms with van der Waals surface area (Å²) in [5.41, 5.74) is -0.726. The lowest BCUT2D eigenvalue weighted by Gasteiger charge is -2.49. The fourth-order valence-electron chi connectivity index (χ4n) is 4.43. The highest BCUT2D eigenvalue weighted by atomic mass is 16.3. The average Bonchev–Trinajstić information content (AvgIpc) is 2.61. The molecule has 0 aromatic heterocycles. The molecule has 0 spiro atoms. The Bertz CT molecular complexity index is 429. The third-order valence-corrected chi connectivity index (χ3v) is 6.35. The standard InChI is InChI=1S/C18H31NO2.CH4/c1-6-10-14-16(21)19(5)18(4,17(14,2)3)15(20)13-11-8-7-9-12-13;/h8,11,13-15,20H,6-7,9-10,12H2,1-5H3;1H4. The largest absolute Gasteiger partial charge is 0.390 e. The molecular formula is C19H35NO2. The third kappa shape index (κ3) is 2.62. The van der Waals surface area contributed by atoms with Gasteiger partial charge in [-0.15, -0.1) is 0 Å². The van der Waals surface area contributed by atoms with Gasteiger partial charge in [-0.25, -0.2) is 0 Å². The second-order valence-corrected chi connectivity index (χ2v) is 7.58. The lowest BCUT2D eigenvalue weighted by Crippen LogP contribution is -2.59. The summed E-state index contributed by atoms with van der Waals surface area (Å²) in [7, 11) is 1.87. The first-order chi connectivity index (χ1) is 9.78. The number of aliphatic hydroxyl groups excluding tert-OH is 1. The first-order valence-electron chi connectivity index (χ1n) is 8.40. The Balaban J connectivity index is 0.00000242. The van der Waals surface area contributed by atoms with E-state index in [9.17, 15) is 9.90 Å². The first-order valence-corrected chi connectivity index (χ1v) is 8.40. The van der Waals surface area contributed by atoms with Gasteiger partial charge in [-0.1, -0.05) is 46.8 Å². The summed E-state index contributed by atoms with van der Waals surface area (Å²) < 4.78 is 0. The van der Waals surface area contributed by atoms with E-state index in [1.54, 1.807) is 0 Å². The SMILES string of the molecule is C.CCCC1C(=O)N(C)C(C)(C(O)C2C=CCCC2)C1(C)C. The van der Waals surface area contributed by atoms with Crippen LogP contribution in [0.15, 0.2) is 12.2 Å². The van der Waals surface area contributed by atoms with Gasteiger partial charge in [-0.3, -0.25) is 4.79 Å². The number of aliphatic hydroxyl groups is 1. The van der Waals surface area contributed by atoms with E-state index < -0.39 is 11.6 Å². The highest BCUT2D eigenvalue weighted by molar-refractivity contribution is 5.83. The molecular weight excluding hydrogens is 274 g/mol. The number of nitrogens with zero attached hydrogens (tertiary/aromatic N) is 1. The maximum absolute atomic E-state index is 12.7. The maximum atomic E-state index is 12.7. The molecule has 0 aromatic rings. The van der Waals surface area contributed by atoms with Crippen LogP contribution in [0.1, 0.15) is 67.2 Å². The highest BCUT2D eigenvalue weighted by Gasteiger charge is 2.62. The number of likely N-dealkylation sites (tertiary alicyclic amines) is 1. The van der Waals surface area contributed by atoms with Crippen LogP contribution < -0.4 is 0 Å². The zero-order valence-electron chi connectivity index (χ0n) is 14.2. The van der Waals surface area contributed by atoms with Gasteiger partial charge in [0.2, 0.25) is 5.91 Å². The summed E-state index contributed by atoms with van der Waals surface area (Å²) in [5.74, 6) is 0.376. The van der Waals surface area contributed by atoms with Crippen molar-refractivity contribution in [3.63, 3.8) is 0 Å². The first kappa shape index (κ1) is 19.2. The predicted molar refractivity (Wildman–Crippen MR) is 92.6 cm³/mol. The van der Waals surface area contributed by atoms with Gasteiger partial charge >= 0.3 is 0 Å². The van der Waals surface area contributed by atoms with Crippen LogP contribution in [-0.2, 0) is 4.79 Å². The Kier molecular flexibility index (Phi) is 5.88. The van der Waals surface area contributed by atoms with Crippen molar-refractivity contribution in [1.82, 2.24) is 4.90 Å². The molecule has 128 valence electrons. The second-order valence-electron chi connectivity index (χ2n) is 7.58. The number of likely N-dealkylation sites (N-methyl/N-ethyl adjacent to an activating group) is 1. The second kappa shape index (κ2) is 6.74. The van der Waals surface area contributed by atoms with Crippen molar-refractivity contribution in [2.75, 3.05) is 7.05 Å². The van der Waals surface area contributed by atoms with E-state index in [1.807, 2.05) is 11.9 Å². The molecule has 1 amide bonds. The van der Waals surface area contributed by atoms with Crippen LogP contribution >= 0.6 is 0 Å². The van der Waals surface area contributed by atoms with Gasteiger partial charge in [0.15, 0.2) is 0 Å². The molecule has 2 rings (SSSR count). The van der Waals surface area contributed by atoms with Crippen LogP contribution in [-0.4, -0.2) is 34.6 Å². The van der Waals surface area contributed by atoms with Crippen LogP contribution in [0.2, 0.25) is 0 Å². The van der Waals surface area contributed by atoms with Gasteiger partial charge in [0, 0.05) is 24.3 Å². The van der Waals surface area contributed by atoms with Gasteiger partial charge in [-0.05, 0) is 32.6 Å². The van der Waals surface area contributed by atoms with E-state index in [4.69, 9.17) is 0 Å². The van der Waals surface area contributed by atoms with E-state index in [0.29, 0.717) is 0 Å². The third-order valence-electron chi connectivity index (χ3n) is 6.35. The number of amides is 1. The molecule has 3 nitrogen and oxygen atoms in total. The quantitative estimate of drug-likeness (QED) is 0.797. The average molecular weight is 309 g/mol. The lowest BCUT2D eigenvalue weighted by molar-refractivity contribution is -0.135. The molecule has 1 heterocycles. The van der Waals surface area contributed by atoms with Gasteiger partial charge in [0.1, 0.15) is 0 Å². The fourth-order valence-corrected chi connectivity index (χ4v) is 4.43. The van der Waals surface area contributed by atoms with Gasteiger partial charge in [-0.2, -0.15) is 0 Å². The molecule has 1 N–H and O–H groups in total. The Morgan fingerprint density at radius 3 is 2.55 bits per heavy atom. The highest BCUT2D eigenvalue weighted by Crippen LogP contribution is 2.53. The van der Waals surface area contributed by atoms with E-state index >= 15 is 0 Å². The van der Waals surface area contributed by atoms with Gasteiger partial charge in [0.25, 0.3) is 0 Å². The van der Waals surface area contributed by atoms with Gasteiger partial charge < -0.3 is 10.0 Å². The lowest BCUT2D eigenvalue weighted by atomic mass is 9.62. The Hall–Kier alpha value is -0.830. The predicted octanol–water partition coefficient (Wildman–Crippen LogP) is 4.01. The zero-order valence-corrected chi connectivity index (χ0v) is 14.2. The summed E-state index contributed by atoms with van der Waals surface area (Å²) in [6.45, 7) is 8.52. The molecule has 1 fully saturated rings. The minimum atomic E-state index is -0.504. The Labute approximate surface area is 136 Å². The smallest absolute Gasteiger partial charge is 0.226 e. The van der Waals surface area contributed by atoms with E-state index in [1.165, 1.54) is 0 Å².